The summed E-state index contributed by atoms with van der Waals surface area (Å²) in [7, 11) is 0. The molecule has 0 aliphatic heterocycles. The number of carbonyl (C=O) groups excluding carboxylic acids is 2. The number of ether oxygens (including phenoxy) is 1. The van der Waals surface area contributed by atoms with Crippen LogP contribution in [0.3, 0.4) is 0 Å². The predicted octanol–water partition coefficient (Wildman–Crippen LogP) is 5.23. The molecule has 0 atom stereocenters. The monoisotopic (exact) mass is 397 g/mol. The van der Waals surface area contributed by atoms with E-state index in [2.05, 4.69) is 16.7 Å². The first-order valence-electron chi connectivity index (χ1n) is 9.04. The summed E-state index contributed by atoms with van der Waals surface area (Å²) in [5, 5.41) is 14.2. The van der Waals surface area contributed by atoms with E-state index in [1.54, 1.807) is 58.9 Å². The van der Waals surface area contributed by atoms with Gasteiger partial charge < -0.3 is 10.1 Å². The van der Waals surface area contributed by atoms with Crippen molar-refractivity contribution in [1.29, 1.82) is 5.26 Å². The number of rotatable bonds is 4. The summed E-state index contributed by atoms with van der Waals surface area (Å²) in [6.07, 6.45) is -0.773. The third-order valence-electron chi connectivity index (χ3n) is 3.99. The average molecular weight is 397 g/mol. The first-order chi connectivity index (χ1) is 13.4. The van der Waals surface area contributed by atoms with Crippen molar-refractivity contribution in [3.8, 4) is 6.07 Å². The maximum Gasteiger partial charge on any atom is 0.412 e. The summed E-state index contributed by atoms with van der Waals surface area (Å²) in [5.41, 5.74) is -0.222. The van der Waals surface area contributed by atoms with Crippen LogP contribution in [0, 0.1) is 17.1 Å². The molecule has 0 saturated carbocycles. The van der Waals surface area contributed by atoms with Crippen LogP contribution < -0.4 is 10.6 Å². The van der Waals surface area contributed by atoms with Crippen LogP contribution in [0.25, 0.3) is 0 Å². The van der Waals surface area contributed by atoms with E-state index in [4.69, 9.17) is 4.74 Å². The molecule has 2 amide bonds. The molecule has 0 unspecified atom stereocenters. The van der Waals surface area contributed by atoms with E-state index in [1.165, 1.54) is 12.1 Å². The van der Waals surface area contributed by atoms with Gasteiger partial charge in [-0.2, -0.15) is 5.26 Å². The highest BCUT2D eigenvalue weighted by molar-refractivity contribution is 6.04. The minimum Gasteiger partial charge on any atom is -0.444 e. The molecule has 0 aromatic heterocycles. The lowest BCUT2D eigenvalue weighted by Crippen LogP contribution is -2.27. The second-order valence-electron chi connectivity index (χ2n) is 8.09. The van der Waals surface area contributed by atoms with Crippen LogP contribution in [0.1, 0.15) is 50.5 Å². The van der Waals surface area contributed by atoms with Crippen molar-refractivity contribution in [2.45, 2.75) is 45.6 Å². The molecule has 29 heavy (non-hydrogen) atoms. The van der Waals surface area contributed by atoms with Gasteiger partial charge in [-0.15, -0.1) is 0 Å². The topological polar surface area (TPSA) is 91.2 Å². The number of nitrogens with one attached hydrogen (secondary N) is 2. The smallest absolute Gasteiger partial charge is 0.412 e. The molecule has 0 aliphatic carbocycles. The van der Waals surface area contributed by atoms with Gasteiger partial charge in [-0.1, -0.05) is 12.1 Å². The summed E-state index contributed by atoms with van der Waals surface area (Å²) in [6, 6.07) is 12.8. The zero-order chi connectivity index (χ0) is 21.8. The third kappa shape index (κ3) is 6.04. The second-order valence-corrected chi connectivity index (χ2v) is 8.09. The number of amides is 2. The molecule has 7 heteroatoms. The fourth-order valence-corrected chi connectivity index (χ4v) is 2.42. The summed E-state index contributed by atoms with van der Waals surface area (Å²) in [6.45, 7) is 8.63. The number of benzene rings is 2. The van der Waals surface area contributed by atoms with Crippen molar-refractivity contribution >= 4 is 23.4 Å². The van der Waals surface area contributed by atoms with E-state index < -0.39 is 28.8 Å². The largest absolute Gasteiger partial charge is 0.444 e. The van der Waals surface area contributed by atoms with Crippen LogP contribution in [0.15, 0.2) is 42.5 Å². The Balaban J connectivity index is 2.12. The Morgan fingerprint density at radius 3 is 2.31 bits per heavy atom. The number of carbonyl (C=O) groups is 2. The number of halogens is 1. The zero-order valence-electron chi connectivity index (χ0n) is 17.1. The van der Waals surface area contributed by atoms with Crippen molar-refractivity contribution < 1.29 is 18.7 Å². The van der Waals surface area contributed by atoms with Gasteiger partial charge in [-0.25, -0.2) is 9.18 Å². The van der Waals surface area contributed by atoms with Crippen LogP contribution in [0.2, 0.25) is 0 Å². The molecule has 0 bridgehead atoms. The Labute approximate surface area is 169 Å². The van der Waals surface area contributed by atoms with Gasteiger partial charge in [-0.3, -0.25) is 10.1 Å². The Kier molecular flexibility index (Phi) is 6.28. The fourth-order valence-electron chi connectivity index (χ4n) is 2.42. The Bertz CT molecular complexity index is 972. The SMILES string of the molecule is CC(C)(C)OC(=O)Nc1ccc(NC(=O)c2cccc(C(C)(C)C#N)c2)cc1F. The lowest BCUT2D eigenvalue weighted by molar-refractivity contribution is 0.0635. The quantitative estimate of drug-likeness (QED) is 0.739. The molecule has 0 aliphatic rings. The van der Waals surface area contributed by atoms with E-state index in [1.807, 2.05) is 0 Å². The molecular formula is C22H24FN3O3. The summed E-state index contributed by atoms with van der Waals surface area (Å²) in [5.74, 6) is -1.15. The molecule has 6 nitrogen and oxygen atoms in total. The van der Waals surface area contributed by atoms with Crippen LogP contribution in [0.4, 0.5) is 20.6 Å². The van der Waals surface area contributed by atoms with E-state index >= 15 is 0 Å². The molecular weight excluding hydrogens is 373 g/mol. The molecule has 0 fully saturated rings. The van der Waals surface area contributed by atoms with Crippen molar-refractivity contribution in [3.63, 3.8) is 0 Å². The Morgan fingerprint density at radius 1 is 1.03 bits per heavy atom. The van der Waals surface area contributed by atoms with E-state index in [0.29, 0.717) is 11.1 Å². The van der Waals surface area contributed by atoms with Crippen LogP contribution in [-0.2, 0) is 10.2 Å². The fraction of sp³-hybridized carbons (Fsp3) is 0.318. The van der Waals surface area contributed by atoms with Crippen molar-refractivity contribution in [2.24, 2.45) is 0 Å². The highest BCUT2D eigenvalue weighted by atomic mass is 19.1. The molecule has 2 aromatic rings. The Morgan fingerprint density at radius 2 is 1.72 bits per heavy atom. The summed E-state index contributed by atoms with van der Waals surface area (Å²) >= 11 is 0. The first kappa shape index (κ1) is 21.9. The molecule has 0 radical (unpaired) electrons. The molecule has 152 valence electrons. The van der Waals surface area contributed by atoms with Crippen LogP contribution >= 0.6 is 0 Å². The Hall–Kier alpha value is -3.40. The molecule has 2 N–H and O–H groups in total. The number of nitriles is 1. The highest BCUT2D eigenvalue weighted by Crippen LogP contribution is 2.24. The zero-order valence-corrected chi connectivity index (χ0v) is 17.1. The van der Waals surface area contributed by atoms with Gasteiger partial charge in [0.2, 0.25) is 0 Å². The van der Waals surface area contributed by atoms with E-state index in [-0.39, 0.29) is 11.4 Å². The second kappa shape index (κ2) is 8.31. The summed E-state index contributed by atoms with van der Waals surface area (Å²) in [4.78, 5) is 24.3. The van der Waals surface area contributed by atoms with Gasteiger partial charge in [0.15, 0.2) is 0 Å². The first-order valence-corrected chi connectivity index (χ1v) is 9.04. The summed E-state index contributed by atoms with van der Waals surface area (Å²) < 4.78 is 19.4. The molecule has 2 aromatic carbocycles. The maximum atomic E-state index is 14.3. The van der Waals surface area contributed by atoms with E-state index in [0.717, 1.165) is 6.07 Å². The standard InChI is InChI=1S/C22H24FN3O3/c1-21(2,3)29-20(28)26-18-10-9-16(12-17(18)23)25-19(27)14-7-6-8-15(11-14)22(4,5)13-24/h6-12H,1-5H3,(H,25,27)(H,26,28). The highest BCUT2D eigenvalue weighted by Gasteiger charge is 2.21. The van der Waals surface area contributed by atoms with Crippen LogP contribution in [-0.4, -0.2) is 17.6 Å². The van der Waals surface area contributed by atoms with Gasteiger partial charge in [0.05, 0.1) is 17.2 Å². The normalized spacial score (nSPS) is 11.3. The predicted molar refractivity (Wildman–Crippen MR) is 109 cm³/mol. The average Bonchev–Trinajstić information content (AvgIpc) is 2.62. The molecule has 2 rings (SSSR count). The van der Waals surface area contributed by atoms with Gasteiger partial charge in [0.25, 0.3) is 5.91 Å². The van der Waals surface area contributed by atoms with Gasteiger partial charge >= 0.3 is 6.09 Å². The van der Waals surface area contributed by atoms with Gasteiger partial charge in [0, 0.05) is 11.3 Å². The van der Waals surface area contributed by atoms with Crippen molar-refractivity contribution in [3.05, 3.63) is 59.4 Å². The van der Waals surface area contributed by atoms with Gasteiger partial charge in [0.1, 0.15) is 11.4 Å². The van der Waals surface area contributed by atoms with Crippen molar-refractivity contribution in [2.75, 3.05) is 10.6 Å². The minimum absolute atomic E-state index is 0.0602. The number of anilines is 2. The van der Waals surface area contributed by atoms with Crippen molar-refractivity contribution in [1.82, 2.24) is 0 Å². The number of hydrogen-bond donors (Lipinski definition) is 2. The lowest BCUT2D eigenvalue weighted by Gasteiger charge is -2.20. The lowest BCUT2D eigenvalue weighted by atomic mass is 9.85. The molecule has 0 heterocycles. The van der Waals surface area contributed by atoms with E-state index in [9.17, 15) is 19.2 Å². The maximum absolute atomic E-state index is 14.3. The molecule has 0 saturated heterocycles. The minimum atomic E-state index is -0.773. The molecule has 0 spiro atoms. The van der Waals surface area contributed by atoms with Crippen LogP contribution in [0.5, 0.6) is 0 Å². The third-order valence-corrected chi connectivity index (χ3v) is 3.99. The number of nitrogens with zero attached hydrogens (tertiary/aromatic N) is 1. The van der Waals surface area contributed by atoms with Gasteiger partial charge in [-0.05, 0) is 70.5 Å². The number of hydrogen-bond acceptors (Lipinski definition) is 4.